The number of rotatable bonds is 6. The van der Waals surface area contributed by atoms with Gasteiger partial charge in [0.2, 0.25) is 0 Å². The smallest absolute Gasteiger partial charge is 0.130 e. The van der Waals surface area contributed by atoms with Crippen LogP contribution in [0.4, 0.5) is 0 Å². The quantitative estimate of drug-likeness (QED) is 0.606. The van der Waals surface area contributed by atoms with Gasteiger partial charge in [0.1, 0.15) is 17.6 Å². The van der Waals surface area contributed by atoms with Gasteiger partial charge < -0.3 is 14.4 Å². The minimum absolute atomic E-state index is 0.0463. The zero-order valence-electron chi connectivity index (χ0n) is 15.5. The average Bonchev–Trinajstić information content (AvgIpc) is 3.23. The molecule has 0 radical (unpaired) electrons. The number of methoxy groups -OCH3 is 1. The maximum Gasteiger partial charge on any atom is 0.130 e. The Morgan fingerprint density at radius 3 is 3.00 bits per heavy atom. The van der Waals surface area contributed by atoms with E-state index in [1.807, 2.05) is 24.3 Å². The van der Waals surface area contributed by atoms with Crippen LogP contribution in [0.1, 0.15) is 11.8 Å². The second-order valence-corrected chi connectivity index (χ2v) is 7.49. The third-order valence-corrected chi connectivity index (χ3v) is 5.41. The molecule has 0 spiro atoms. The lowest BCUT2D eigenvalue weighted by Crippen LogP contribution is -2.31. The first-order valence-corrected chi connectivity index (χ1v) is 9.86. The van der Waals surface area contributed by atoms with E-state index >= 15 is 0 Å². The van der Waals surface area contributed by atoms with Gasteiger partial charge >= 0.3 is 0 Å². The van der Waals surface area contributed by atoms with Crippen molar-refractivity contribution in [1.29, 1.82) is 0 Å². The maximum absolute atomic E-state index is 6.26. The molecular weight excluding hydrogens is 356 g/mol. The number of benzene rings is 1. The molecule has 3 aromatic rings. The number of fused-ring (bicyclic) bond motifs is 1. The Balaban J connectivity index is 1.47. The summed E-state index contributed by atoms with van der Waals surface area (Å²) in [5.74, 6) is 1.65. The van der Waals surface area contributed by atoms with Crippen molar-refractivity contribution in [3.8, 4) is 11.5 Å². The van der Waals surface area contributed by atoms with Crippen LogP contribution in [0, 0.1) is 0 Å². The summed E-state index contributed by atoms with van der Waals surface area (Å²) in [6, 6.07) is 12.0. The Morgan fingerprint density at radius 2 is 2.19 bits per heavy atom. The zero-order chi connectivity index (χ0) is 18.6. The molecule has 0 N–H and O–H groups in total. The summed E-state index contributed by atoms with van der Waals surface area (Å²) in [4.78, 5) is 8.01. The predicted octanol–water partition coefficient (Wildman–Crippen LogP) is 4.99. The summed E-state index contributed by atoms with van der Waals surface area (Å²) < 4.78 is 11.5. The number of thiophene rings is 1. The van der Waals surface area contributed by atoms with Crippen LogP contribution in [-0.2, 0) is 0 Å². The van der Waals surface area contributed by atoms with Crippen molar-refractivity contribution in [1.82, 2.24) is 9.88 Å². The van der Waals surface area contributed by atoms with Crippen molar-refractivity contribution in [3.05, 3.63) is 71.2 Å². The molecule has 0 saturated heterocycles. The Kier molecular flexibility index (Phi) is 5.12. The monoisotopic (exact) mass is 378 g/mol. The fourth-order valence-electron chi connectivity index (χ4n) is 3.24. The van der Waals surface area contributed by atoms with E-state index in [0.717, 1.165) is 35.5 Å². The van der Waals surface area contributed by atoms with Crippen molar-refractivity contribution < 1.29 is 9.47 Å². The first-order valence-electron chi connectivity index (χ1n) is 8.98. The largest absolute Gasteiger partial charge is 0.497 e. The fourth-order valence-corrected chi connectivity index (χ4v) is 3.96. The molecule has 4 nitrogen and oxygen atoms in total. The molecule has 4 rings (SSSR count). The summed E-state index contributed by atoms with van der Waals surface area (Å²) >= 11 is 1.76. The molecule has 1 atom stereocenters. The molecular formula is C22H22N2O2S. The van der Waals surface area contributed by atoms with Gasteiger partial charge in [0, 0.05) is 40.8 Å². The summed E-state index contributed by atoms with van der Waals surface area (Å²) in [5, 5.41) is 3.11. The molecule has 0 fully saturated rings. The molecule has 3 heterocycles. The molecule has 1 aliphatic heterocycles. The third-order valence-electron chi connectivity index (χ3n) is 4.49. The molecule has 0 amide bonds. The zero-order valence-corrected chi connectivity index (χ0v) is 16.3. The molecule has 138 valence electrons. The number of allylic oxidation sites excluding steroid dienone is 2. The summed E-state index contributed by atoms with van der Waals surface area (Å²) in [6.07, 6.45) is 8.45. The highest BCUT2D eigenvalue weighted by molar-refractivity contribution is 7.11. The molecule has 27 heavy (non-hydrogen) atoms. The van der Waals surface area contributed by atoms with Gasteiger partial charge in [-0.25, -0.2) is 0 Å². The highest BCUT2D eigenvalue weighted by Crippen LogP contribution is 2.28. The van der Waals surface area contributed by atoms with Gasteiger partial charge in [-0.05, 0) is 36.6 Å². The van der Waals surface area contributed by atoms with Crippen LogP contribution in [0.2, 0.25) is 0 Å². The molecule has 0 bridgehead atoms. The van der Waals surface area contributed by atoms with Gasteiger partial charge in [0.25, 0.3) is 0 Å². The molecule has 5 heteroatoms. The van der Waals surface area contributed by atoms with Gasteiger partial charge in [-0.1, -0.05) is 18.2 Å². The molecule has 1 unspecified atom stereocenters. The van der Waals surface area contributed by atoms with E-state index in [1.54, 1.807) is 24.6 Å². The Labute approximate surface area is 163 Å². The van der Waals surface area contributed by atoms with Crippen LogP contribution in [-0.4, -0.2) is 36.2 Å². The number of hydrogen-bond acceptors (Lipinski definition) is 5. The van der Waals surface area contributed by atoms with Crippen LogP contribution >= 0.6 is 11.3 Å². The number of nitrogens with zero attached hydrogens (tertiary/aromatic N) is 2. The van der Waals surface area contributed by atoms with Crippen LogP contribution in [0.25, 0.3) is 16.5 Å². The lowest BCUT2D eigenvalue weighted by molar-refractivity contribution is 0.181. The van der Waals surface area contributed by atoms with E-state index in [9.17, 15) is 0 Å². The van der Waals surface area contributed by atoms with Gasteiger partial charge in [-0.15, -0.1) is 11.3 Å². The second kappa shape index (κ2) is 7.84. The summed E-state index contributed by atoms with van der Waals surface area (Å²) in [7, 11) is 1.66. The second-order valence-electron chi connectivity index (χ2n) is 6.54. The van der Waals surface area contributed by atoms with Crippen molar-refractivity contribution in [2.24, 2.45) is 0 Å². The van der Waals surface area contributed by atoms with Crippen LogP contribution < -0.4 is 9.47 Å². The van der Waals surface area contributed by atoms with E-state index in [-0.39, 0.29) is 6.10 Å². The van der Waals surface area contributed by atoms with Crippen LogP contribution in [0.5, 0.6) is 11.5 Å². The van der Waals surface area contributed by atoms with E-state index in [0.29, 0.717) is 0 Å². The van der Waals surface area contributed by atoms with Gasteiger partial charge in [0.05, 0.1) is 19.2 Å². The molecule has 1 aliphatic rings. The van der Waals surface area contributed by atoms with Gasteiger partial charge in [0.15, 0.2) is 0 Å². The van der Waals surface area contributed by atoms with E-state index in [2.05, 4.69) is 52.7 Å². The van der Waals surface area contributed by atoms with Crippen molar-refractivity contribution in [2.75, 3.05) is 20.2 Å². The summed E-state index contributed by atoms with van der Waals surface area (Å²) in [5.41, 5.74) is 2.13. The topological polar surface area (TPSA) is 34.6 Å². The van der Waals surface area contributed by atoms with E-state index in [1.165, 1.54) is 10.5 Å². The maximum atomic E-state index is 6.26. The first-order chi connectivity index (χ1) is 13.2. The lowest BCUT2D eigenvalue weighted by Gasteiger charge is -2.27. The van der Waals surface area contributed by atoms with Crippen molar-refractivity contribution >= 4 is 27.8 Å². The Morgan fingerprint density at radius 1 is 1.26 bits per heavy atom. The predicted molar refractivity (Wildman–Crippen MR) is 111 cm³/mol. The van der Waals surface area contributed by atoms with Crippen LogP contribution in [0.15, 0.2) is 66.3 Å². The normalized spacial score (nSPS) is 14.9. The van der Waals surface area contributed by atoms with Gasteiger partial charge in [-0.2, -0.15) is 0 Å². The number of ether oxygens (including phenoxy) is 2. The third kappa shape index (κ3) is 3.98. The molecule has 0 aliphatic carbocycles. The number of pyridine rings is 1. The molecule has 0 saturated carbocycles. The molecule has 2 aromatic heterocycles. The fraction of sp³-hybridized carbons (Fsp3) is 0.227. The Hall–Kier alpha value is -2.79. The van der Waals surface area contributed by atoms with Crippen LogP contribution in [0.3, 0.4) is 0 Å². The van der Waals surface area contributed by atoms with Gasteiger partial charge in [-0.3, -0.25) is 4.98 Å². The average molecular weight is 378 g/mol. The van der Waals surface area contributed by atoms with E-state index in [4.69, 9.17) is 9.47 Å². The Bertz CT molecular complexity index is 979. The first kappa shape index (κ1) is 17.6. The van der Waals surface area contributed by atoms with Crippen molar-refractivity contribution in [3.63, 3.8) is 0 Å². The molecule has 1 aromatic carbocycles. The number of aromatic nitrogens is 1. The minimum Gasteiger partial charge on any atom is -0.497 e. The SMILES string of the molecule is COc1ccc2c(OC(C)CN3C=C(c4cccs4)C=CC3)ccnc2c1. The standard InChI is InChI=1S/C22H22N2O2S/c1-16(14-24-11-3-5-17(15-24)22-6-4-12-27-22)26-21-9-10-23-20-13-18(25-2)7-8-19(20)21/h3-10,12-13,15-16H,11,14H2,1-2H3. The summed E-state index contributed by atoms with van der Waals surface area (Å²) in [6.45, 7) is 3.82. The van der Waals surface area contributed by atoms with Crippen molar-refractivity contribution in [2.45, 2.75) is 13.0 Å². The highest BCUT2D eigenvalue weighted by atomic mass is 32.1. The van der Waals surface area contributed by atoms with E-state index < -0.39 is 0 Å². The number of hydrogen-bond donors (Lipinski definition) is 0. The minimum atomic E-state index is 0.0463. The lowest BCUT2D eigenvalue weighted by atomic mass is 10.1. The highest BCUT2D eigenvalue weighted by Gasteiger charge is 2.14.